The number of nitrogens with zero attached hydrogens (tertiary/aromatic N) is 2. The van der Waals surface area contributed by atoms with Crippen LogP contribution < -0.4 is 4.72 Å². The third kappa shape index (κ3) is 3.15. The smallest absolute Gasteiger partial charge is 0.266 e. The van der Waals surface area contributed by atoms with Crippen LogP contribution in [0.4, 0.5) is 8.78 Å². The Morgan fingerprint density at radius 3 is 2.79 bits per heavy atom. The Balaban J connectivity index is 1.90. The first-order valence-corrected chi connectivity index (χ1v) is 9.08. The molecule has 1 N–H and O–H groups in total. The van der Waals surface area contributed by atoms with E-state index in [-0.39, 0.29) is 10.6 Å². The number of hydrogen-bond acceptors (Lipinski definition) is 5. The first-order chi connectivity index (χ1) is 11.4. The molecule has 126 valence electrons. The fourth-order valence-electron chi connectivity index (χ4n) is 2.19. The Hall–Kier alpha value is -2.33. The predicted molar refractivity (Wildman–Crippen MR) is 84.7 cm³/mol. The van der Waals surface area contributed by atoms with Gasteiger partial charge in [-0.15, -0.1) is 11.3 Å². The number of hydrogen-bond donors (Lipinski definition) is 1. The van der Waals surface area contributed by atoms with Gasteiger partial charge in [0.15, 0.2) is 0 Å². The lowest BCUT2D eigenvalue weighted by atomic mass is 10.3. The Kier molecular flexibility index (Phi) is 4.33. The molecule has 1 amide bonds. The molecule has 10 heteroatoms. The van der Waals surface area contributed by atoms with E-state index in [0.717, 1.165) is 15.6 Å². The Bertz CT molecular complexity index is 996. The number of sulfonamides is 1. The van der Waals surface area contributed by atoms with Gasteiger partial charge in [0, 0.05) is 21.7 Å². The highest BCUT2D eigenvalue weighted by molar-refractivity contribution is 7.90. The number of thiophene rings is 1. The van der Waals surface area contributed by atoms with E-state index in [4.69, 9.17) is 0 Å². The maximum absolute atomic E-state index is 12.5. The van der Waals surface area contributed by atoms with Crippen molar-refractivity contribution in [3.8, 4) is 0 Å². The van der Waals surface area contributed by atoms with E-state index < -0.39 is 28.9 Å². The van der Waals surface area contributed by atoms with Crippen molar-refractivity contribution in [3.05, 3.63) is 47.6 Å². The van der Waals surface area contributed by atoms with Gasteiger partial charge in [0.25, 0.3) is 22.4 Å². The molecule has 0 atom stereocenters. The number of halogens is 2. The number of carbonyl (C=O) groups is 1. The summed E-state index contributed by atoms with van der Waals surface area (Å²) in [4.78, 5) is 12.1. The zero-order chi connectivity index (χ0) is 17.3. The summed E-state index contributed by atoms with van der Waals surface area (Å²) in [7, 11) is -4.13. The maximum atomic E-state index is 12.5. The minimum Gasteiger partial charge on any atom is -0.266 e. The summed E-state index contributed by atoms with van der Waals surface area (Å²) < 4.78 is 53.2. The molecule has 2 heterocycles. The van der Waals surface area contributed by atoms with Gasteiger partial charge in [-0.25, -0.2) is 21.9 Å². The van der Waals surface area contributed by atoms with Crippen molar-refractivity contribution in [1.82, 2.24) is 14.5 Å². The molecule has 3 aromatic rings. The number of aromatic nitrogens is 2. The standard InChI is InChI=1S/C14H11F2N3O3S2/c15-13(16)7-19-10(5-6-17-19)14(20)18-24(21,22)12-8-23-11-4-2-1-3-9(11)12/h1-6,8,13H,7H2,(H,18,20). The minimum atomic E-state index is -4.13. The highest BCUT2D eigenvalue weighted by atomic mass is 32.2. The lowest BCUT2D eigenvalue weighted by molar-refractivity contribution is 0.0950. The monoisotopic (exact) mass is 371 g/mol. The number of benzene rings is 1. The average Bonchev–Trinajstić information content (AvgIpc) is 3.12. The molecular weight excluding hydrogens is 360 g/mol. The van der Waals surface area contributed by atoms with Crippen LogP contribution in [-0.4, -0.2) is 30.5 Å². The molecule has 0 saturated carbocycles. The first kappa shape index (κ1) is 16.5. The van der Waals surface area contributed by atoms with Crippen molar-refractivity contribution in [2.24, 2.45) is 0 Å². The Morgan fingerprint density at radius 1 is 1.29 bits per heavy atom. The third-order valence-corrected chi connectivity index (χ3v) is 5.71. The summed E-state index contributed by atoms with van der Waals surface area (Å²) in [5.41, 5.74) is -0.251. The molecule has 0 aliphatic heterocycles. The molecule has 1 aromatic carbocycles. The summed E-state index contributed by atoms with van der Waals surface area (Å²) in [6, 6.07) is 8.04. The number of amides is 1. The molecule has 0 radical (unpaired) electrons. The average molecular weight is 371 g/mol. The lowest BCUT2D eigenvalue weighted by Crippen LogP contribution is -2.32. The van der Waals surface area contributed by atoms with Crippen LogP contribution in [0.5, 0.6) is 0 Å². The van der Waals surface area contributed by atoms with Crippen molar-refractivity contribution in [2.45, 2.75) is 17.9 Å². The summed E-state index contributed by atoms with van der Waals surface area (Å²) in [5, 5.41) is 5.52. The van der Waals surface area contributed by atoms with Crippen LogP contribution >= 0.6 is 11.3 Å². The highest BCUT2D eigenvalue weighted by Gasteiger charge is 2.24. The van der Waals surface area contributed by atoms with Gasteiger partial charge < -0.3 is 0 Å². The fourth-order valence-corrected chi connectivity index (χ4v) is 4.66. The van der Waals surface area contributed by atoms with Crippen LogP contribution in [0, 0.1) is 0 Å². The van der Waals surface area contributed by atoms with Gasteiger partial charge in [-0.1, -0.05) is 18.2 Å². The van der Waals surface area contributed by atoms with E-state index in [9.17, 15) is 22.0 Å². The molecule has 0 aliphatic carbocycles. The molecule has 24 heavy (non-hydrogen) atoms. The van der Waals surface area contributed by atoms with Crippen molar-refractivity contribution in [3.63, 3.8) is 0 Å². The number of fused-ring (bicyclic) bond motifs is 1. The first-order valence-electron chi connectivity index (χ1n) is 6.72. The van der Waals surface area contributed by atoms with Crippen molar-refractivity contribution >= 4 is 37.4 Å². The van der Waals surface area contributed by atoms with Gasteiger partial charge in [0.1, 0.15) is 17.1 Å². The van der Waals surface area contributed by atoms with Gasteiger partial charge in [0.05, 0.1) is 0 Å². The Labute approximate surface area is 139 Å². The second-order valence-electron chi connectivity index (χ2n) is 4.82. The van der Waals surface area contributed by atoms with Crippen molar-refractivity contribution in [2.75, 3.05) is 0 Å². The number of nitrogens with one attached hydrogen (secondary N) is 1. The molecule has 3 rings (SSSR count). The topological polar surface area (TPSA) is 81.1 Å². The highest BCUT2D eigenvalue weighted by Crippen LogP contribution is 2.29. The van der Waals surface area contributed by atoms with Gasteiger partial charge in [-0.05, 0) is 12.1 Å². The van der Waals surface area contributed by atoms with Crippen LogP contribution in [0.3, 0.4) is 0 Å². The molecule has 0 fully saturated rings. The van der Waals surface area contributed by atoms with Crippen LogP contribution in [0.15, 0.2) is 46.8 Å². The van der Waals surface area contributed by atoms with Crippen molar-refractivity contribution < 1.29 is 22.0 Å². The van der Waals surface area contributed by atoms with Gasteiger partial charge in [-0.3, -0.25) is 9.48 Å². The van der Waals surface area contributed by atoms with Crippen LogP contribution in [-0.2, 0) is 16.6 Å². The molecule has 0 unspecified atom stereocenters. The Morgan fingerprint density at radius 2 is 2.04 bits per heavy atom. The number of carbonyl (C=O) groups excluding carboxylic acids is 1. The molecule has 0 saturated heterocycles. The molecule has 2 aromatic heterocycles. The summed E-state index contributed by atoms with van der Waals surface area (Å²) in [5.74, 6) is -1.01. The zero-order valence-corrected chi connectivity index (χ0v) is 13.7. The van der Waals surface area contributed by atoms with E-state index in [1.807, 2.05) is 4.72 Å². The molecule has 6 nitrogen and oxygen atoms in total. The maximum Gasteiger partial charge on any atom is 0.283 e. The van der Waals surface area contributed by atoms with Gasteiger partial charge in [0.2, 0.25) is 0 Å². The summed E-state index contributed by atoms with van der Waals surface area (Å²) in [6.07, 6.45) is -1.56. The second kappa shape index (κ2) is 6.29. The second-order valence-corrected chi connectivity index (χ2v) is 7.38. The van der Waals surface area contributed by atoms with Gasteiger partial charge >= 0.3 is 0 Å². The van der Waals surface area contributed by atoms with E-state index in [1.54, 1.807) is 24.3 Å². The normalized spacial score (nSPS) is 12.0. The van der Waals surface area contributed by atoms with E-state index >= 15 is 0 Å². The zero-order valence-electron chi connectivity index (χ0n) is 12.0. The summed E-state index contributed by atoms with van der Waals surface area (Å²) >= 11 is 1.23. The fraction of sp³-hybridized carbons (Fsp3) is 0.143. The molecule has 0 bridgehead atoms. The van der Waals surface area contributed by atoms with E-state index in [0.29, 0.717) is 5.39 Å². The number of rotatable bonds is 5. The van der Waals surface area contributed by atoms with E-state index in [1.165, 1.54) is 22.8 Å². The van der Waals surface area contributed by atoms with Gasteiger partial charge in [-0.2, -0.15) is 5.10 Å². The SMILES string of the molecule is O=C(NS(=O)(=O)c1csc2ccccc12)c1ccnn1CC(F)F. The third-order valence-electron chi connectivity index (χ3n) is 3.22. The molecule has 0 spiro atoms. The van der Waals surface area contributed by atoms with Crippen LogP contribution in [0.25, 0.3) is 10.1 Å². The van der Waals surface area contributed by atoms with Crippen LogP contribution in [0.1, 0.15) is 10.5 Å². The largest absolute Gasteiger partial charge is 0.283 e. The lowest BCUT2D eigenvalue weighted by Gasteiger charge is -2.08. The predicted octanol–water partition coefficient (Wildman–Crippen LogP) is 2.48. The quantitative estimate of drug-likeness (QED) is 0.747. The molecule has 0 aliphatic rings. The molecular formula is C14H11F2N3O3S2. The van der Waals surface area contributed by atoms with E-state index in [2.05, 4.69) is 5.10 Å². The van der Waals surface area contributed by atoms with Crippen LogP contribution in [0.2, 0.25) is 0 Å². The minimum absolute atomic E-state index is 0.0311. The number of alkyl halides is 2. The summed E-state index contributed by atoms with van der Waals surface area (Å²) in [6.45, 7) is -0.794. The van der Waals surface area contributed by atoms with Crippen molar-refractivity contribution in [1.29, 1.82) is 0 Å².